The van der Waals surface area contributed by atoms with Crippen LogP contribution in [-0.4, -0.2) is 9.97 Å². The molecule has 1 aliphatic carbocycles. The Hall–Kier alpha value is -7.72. The topological polar surface area (TPSA) is 25.8 Å². The number of hydrogen-bond acceptors (Lipinski definition) is 3. The molecule has 0 N–H and O–H groups in total. The van der Waals surface area contributed by atoms with Gasteiger partial charge in [-0.1, -0.05) is 206 Å². The molecule has 0 saturated carbocycles. The van der Waals surface area contributed by atoms with Crippen LogP contribution in [0.5, 0.6) is 0 Å². The van der Waals surface area contributed by atoms with Gasteiger partial charge in [0.2, 0.25) is 0 Å². The molecule has 1 aliphatic rings. The van der Waals surface area contributed by atoms with E-state index in [-0.39, 0.29) is 0 Å². The second kappa shape index (κ2) is 14.8. The Bertz CT molecular complexity index is 3390. The van der Waals surface area contributed by atoms with Gasteiger partial charge in [-0.3, -0.25) is 0 Å². The molecule has 0 saturated heterocycles. The van der Waals surface area contributed by atoms with Gasteiger partial charge in [-0.05, 0) is 74.3 Å². The molecule has 2 heterocycles. The van der Waals surface area contributed by atoms with Gasteiger partial charge >= 0.3 is 0 Å². The van der Waals surface area contributed by atoms with E-state index in [1.807, 2.05) is 17.4 Å². The summed E-state index contributed by atoms with van der Waals surface area (Å²) in [5.74, 6) is 0.700. The van der Waals surface area contributed by atoms with Gasteiger partial charge in [0.05, 0.1) is 16.8 Å². The average molecular weight is 807 g/mol. The Kier molecular flexibility index (Phi) is 8.62. The van der Waals surface area contributed by atoms with Gasteiger partial charge in [-0.2, -0.15) is 0 Å². The van der Waals surface area contributed by atoms with Crippen molar-refractivity contribution in [3.63, 3.8) is 0 Å². The van der Waals surface area contributed by atoms with Crippen LogP contribution in [0.3, 0.4) is 0 Å². The Morgan fingerprint density at radius 1 is 0.339 bits per heavy atom. The van der Waals surface area contributed by atoms with Crippen LogP contribution in [0, 0.1) is 0 Å². The van der Waals surface area contributed by atoms with E-state index < -0.39 is 5.41 Å². The van der Waals surface area contributed by atoms with Crippen molar-refractivity contribution in [2.45, 2.75) is 5.41 Å². The predicted octanol–water partition coefficient (Wildman–Crippen LogP) is 15.5. The highest BCUT2D eigenvalue weighted by Gasteiger charge is 2.46. The second-order valence-electron chi connectivity index (χ2n) is 16.0. The summed E-state index contributed by atoms with van der Waals surface area (Å²) >= 11 is 1.87. The normalized spacial score (nSPS) is 12.6. The van der Waals surface area contributed by atoms with E-state index in [1.54, 1.807) is 0 Å². The minimum atomic E-state index is -0.503. The monoisotopic (exact) mass is 806 g/mol. The van der Waals surface area contributed by atoms with Crippen molar-refractivity contribution in [2.24, 2.45) is 0 Å². The smallest absolute Gasteiger partial charge is 0.160 e. The molecule has 0 spiro atoms. The van der Waals surface area contributed by atoms with Gasteiger partial charge in [0.15, 0.2) is 5.82 Å². The van der Waals surface area contributed by atoms with Gasteiger partial charge < -0.3 is 0 Å². The summed E-state index contributed by atoms with van der Waals surface area (Å²) in [7, 11) is 0. The molecule has 0 fully saturated rings. The third-order valence-corrected chi connectivity index (χ3v) is 13.8. The number of benzene rings is 9. The van der Waals surface area contributed by atoms with Crippen LogP contribution in [0.15, 0.2) is 231 Å². The molecule has 3 heteroatoms. The number of fused-ring (bicyclic) bond motifs is 6. The van der Waals surface area contributed by atoms with Crippen molar-refractivity contribution < 1.29 is 0 Å². The Morgan fingerprint density at radius 3 is 1.63 bits per heavy atom. The van der Waals surface area contributed by atoms with E-state index in [1.165, 1.54) is 70.2 Å². The average Bonchev–Trinajstić information content (AvgIpc) is 3.89. The molecule has 290 valence electrons. The molecule has 12 rings (SSSR count). The molecule has 9 aromatic carbocycles. The van der Waals surface area contributed by atoms with Crippen LogP contribution in [0.2, 0.25) is 0 Å². The maximum atomic E-state index is 5.39. The van der Waals surface area contributed by atoms with Crippen molar-refractivity contribution in [3.8, 4) is 67.3 Å². The summed E-state index contributed by atoms with van der Waals surface area (Å²) in [5.41, 5.74) is 16.7. The molecule has 62 heavy (non-hydrogen) atoms. The van der Waals surface area contributed by atoms with Gasteiger partial charge in [-0.25, -0.2) is 9.97 Å². The summed E-state index contributed by atoms with van der Waals surface area (Å²) < 4.78 is 2.62. The zero-order valence-electron chi connectivity index (χ0n) is 33.7. The van der Waals surface area contributed by atoms with Crippen molar-refractivity contribution in [1.29, 1.82) is 0 Å². The first-order valence-electron chi connectivity index (χ1n) is 21.1. The Balaban J connectivity index is 1.03. The van der Waals surface area contributed by atoms with Crippen LogP contribution >= 0.6 is 11.3 Å². The summed E-state index contributed by atoms with van der Waals surface area (Å²) in [5, 5.41) is 2.59. The van der Waals surface area contributed by atoms with Crippen molar-refractivity contribution in [1.82, 2.24) is 9.97 Å². The fourth-order valence-electron chi connectivity index (χ4n) is 9.82. The zero-order chi connectivity index (χ0) is 41.0. The highest BCUT2D eigenvalue weighted by atomic mass is 32.1. The molecular weight excluding hydrogens is 769 g/mol. The van der Waals surface area contributed by atoms with Crippen molar-refractivity contribution >= 4 is 31.5 Å². The maximum Gasteiger partial charge on any atom is 0.160 e. The lowest BCUT2D eigenvalue weighted by Crippen LogP contribution is -2.28. The van der Waals surface area contributed by atoms with E-state index in [0.29, 0.717) is 5.82 Å². The van der Waals surface area contributed by atoms with E-state index in [0.717, 1.165) is 33.6 Å². The van der Waals surface area contributed by atoms with Crippen molar-refractivity contribution in [2.75, 3.05) is 0 Å². The quantitative estimate of drug-likeness (QED) is 0.160. The minimum absolute atomic E-state index is 0.503. The number of thiophene rings is 1. The molecule has 2 nitrogen and oxygen atoms in total. The second-order valence-corrected chi connectivity index (χ2v) is 17.1. The molecule has 11 aromatic rings. The van der Waals surface area contributed by atoms with Gasteiger partial charge in [-0.15, -0.1) is 11.3 Å². The summed E-state index contributed by atoms with van der Waals surface area (Å²) in [6.45, 7) is 0. The first-order valence-corrected chi connectivity index (χ1v) is 22.0. The minimum Gasteiger partial charge on any atom is -0.228 e. The molecule has 0 aliphatic heterocycles. The van der Waals surface area contributed by atoms with Crippen molar-refractivity contribution in [3.05, 3.63) is 253 Å². The maximum absolute atomic E-state index is 5.39. The lowest BCUT2D eigenvalue weighted by atomic mass is 9.67. The van der Waals surface area contributed by atoms with E-state index >= 15 is 0 Å². The summed E-state index contributed by atoms with van der Waals surface area (Å²) in [4.78, 5) is 10.7. The molecule has 0 bridgehead atoms. The third-order valence-electron chi connectivity index (χ3n) is 12.6. The highest BCUT2D eigenvalue weighted by molar-refractivity contribution is 7.26. The van der Waals surface area contributed by atoms with E-state index in [4.69, 9.17) is 9.97 Å². The third kappa shape index (κ3) is 5.78. The Labute approximate surface area is 365 Å². The largest absolute Gasteiger partial charge is 0.228 e. The molecular formula is C59H38N2S. The van der Waals surface area contributed by atoms with E-state index in [9.17, 15) is 0 Å². The van der Waals surface area contributed by atoms with Crippen LogP contribution in [0.1, 0.15) is 22.3 Å². The Morgan fingerprint density at radius 2 is 0.903 bits per heavy atom. The fraction of sp³-hybridized carbons (Fsp3) is 0.0169. The molecule has 0 unspecified atom stereocenters. The number of aromatic nitrogens is 2. The van der Waals surface area contributed by atoms with E-state index in [2.05, 4.69) is 224 Å². The standard InChI is InChI=1S/C59H38N2S/c1-5-18-40(19-6-1)49-36-43(37-50-46-26-14-16-31-55(46)62-57(49)50)39-32-34-41(35-33-39)53-38-54(61-58(60-53)42-20-7-2-8-21-42)48-28-17-30-52-56(48)47-27-13-15-29-51(47)59(52,44-22-9-3-10-23-44)45-24-11-4-12-25-45/h1-38H. The molecule has 0 atom stereocenters. The van der Waals surface area contributed by atoms with Gasteiger partial charge in [0.1, 0.15) is 0 Å². The highest BCUT2D eigenvalue weighted by Crippen LogP contribution is 2.58. The first kappa shape index (κ1) is 36.2. The lowest BCUT2D eigenvalue weighted by Gasteiger charge is -2.33. The number of nitrogens with zero attached hydrogens (tertiary/aromatic N) is 2. The summed E-state index contributed by atoms with van der Waals surface area (Å²) in [6.07, 6.45) is 0. The fourth-order valence-corrected chi connectivity index (χ4v) is 11.0. The lowest BCUT2D eigenvalue weighted by molar-refractivity contribution is 0.768. The zero-order valence-corrected chi connectivity index (χ0v) is 34.6. The summed E-state index contributed by atoms with van der Waals surface area (Å²) in [6, 6.07) is 83.3. The molecule has 2 aromatic heterocycles. The molecule has 0 amide bonds. The predicted molar refractivity (Wildman–Crippen MR) is 259 cm³/mol. The van der Waals surface area contributed by atoms with Gasteiger partial charge in [0.25, 0.3) is 0 Å². The first-order chi connectivity index (χ1) is 30.7. The van der Waals surface area contributed by atoms with Crippen LogP contribution < -0.4 is 0 Å². The number of rotatable bonds is 7. The SMILES string of the molecule is c1ccc(-c2nc(-c3ccc(-c4cc(-c5ccccc5)c5sc6ccccc6c5c4)cc3)cc(-c3cccc4c3-c3ccccc3C4(c3ccccc3)c3ccccc3)n2)cc1. The van der Waals surface area contributed by atoms with Crippen LogP contribution in [-0.2, 0) is 5.41 Å². The molecule has 0 radical (unpaired) electrons. The number of hydrogen-bond donors (Lipinski definition) is 0. The van der Waals surface area contributed by atoms with Crippen LogP contribution in [0.25, 0.3) is 87.5 Å². The van der Waals surface area contributed by atoms with Gasteiger partial charge in [0, 0.05) is 42.4 Å². The van der Waals surface area contributed by atoms with Crippen LogP contribution in [0.4, 0.5) is 0 Å².